The highest BCUT2D eigenvalue weighted by atomic mass is 14.7. The summed E-state index contributed by atoms with van der Waals surface area (Å²) in [5.41, 5.74) is 13.9. The second kappa shape index (κ2) is 3.83. The zero-order valence-electron chi connectivity index (χ0n) is 11.2. The van der Waals surface area contributed by atoms with Crippen molar-refractivity contribution in [3.63, 3.8) is 0 Å². The molecular formula is C17H18N2. The van der Waals surface area contributed by atoms with Crippen molar-refractivity contribution < 1.29 is 0 Å². The van der Waals surface area contributed by atoms with E-state index in [2.05, 4.69) is 31.2 Å². The third-order valence-corrected chi connectivity index (χ3v) is 4.55. The van der Waals surface area contributed by atoms with Gasteiger partial charge in [0.25, 0.3) is 0 Å². The van der Waals surface area contributed by atoms with Crippen LogP contribution >= 0.6 is 0 Å². The smallest absolute Gasteiger partial charge is 0.0729 e. The second-order valence-corrected chi connectivity index (χ2v) is 5.94. The van der Waals surface area contributed by atoms with Gasteiger partial charge in [-0.1, -0.05) is 23.8 Å². The third-order valence-electron chi connectivity index (χ3n) is 4.55. The van der Waals surface area contributed by atoms with E-state index >= 15 is 0 Å². The highest BCUT2D eigenvalue weighted by Crippen LogP contribution is 2.37. The second-order valence-electron chi connectivity index (χ2n) is 5.94. The van der Waals surface area contributed by atoms with E-state index in [9.17, 15) is 0 Å². The number of aromatic nitrogens is 1. The fourth-order valence-electron chi connectivity index (χ4n) is 3.66. The molecule has 2 heteroatoms. The van der Waals surface area contributed by atoms with Gasteiger partial charge in [0.15, 0.2) is 0 Å². The standard InChI is InChI=1S/C17H18N2/c1-10-5-6-13-15-9-11(7-10)8-12-3-2-4-14(19-15)16(12)17(13)18/h2-4,7,11H,5-6,8-9H2,1H3,(H2,18,19). The maximum absolute atomic E-state index is 6.47. The van der Waals surface area contributed by atoms with Crippen molar-refractivity contribution in [1.29, 1.82) is 0 Å². The molecule has 2 aromatic rings. The zero-order valence-corrected chi connectivity index (χ0v) is 11.2. The molecule has 0 fully saturated rings. The van der Waals surface area contributed by atoms with E-state index in [1.54, 1.807) is 0 Å². The van der Waals surface area contributed by atoms with Gasteiger partial charge in [0, 0.05) is 16.8 Å². The Morgan fingerprint density at radius 2 is 2.11 bits per heavy atom. The summed E-state index contributed by atoms with van der Waals surface area (Å²) in [4.78, 5) is 4.89. The summed E-state index contributed by atoms with van der Waals surface area (Å²) < 4.78 is 0. The molecule has 1 unspecified atom stereocenters. The van der Waals surface area contributed by atoms with Gasteiger partial charge < -0.3 is 5.73 Å². The lowest BCUT2D eigenvalue weighted by atomic mass is 9.82. The molecule has 3 aliphatic rings. The molecule has 0 radical (unpaired) electrons. The molecule has 19 heavy (non-hydrogen) atoms. The normalized spacial score (nSPS) is 21.1. The van der Waals surface area contributed by atoms with E-state index in [-0.39, 0.29) is 0 Å². The number of pyridine rings is 1. The summed E-state index contributed by atoms with van der Waals surface area (Å²) in [6, 6.07) is 6.42. The maximum atomic E-state index is 6.47. The number of hydrogen-bond donors (Lipinski definition) is 1. The summed E-state index contributed by atoms with van der Waals surface area (Å²) in [6.07, 6.45) is 6.73. The first-order valence-corrected chi connectivity index (χ1v) is 7.08. The summed E-state index contributed by atoms with van der Waals surface area (Å²) in [5.74, 6) is 0.580. The van der Waals surface area contributed by atoms with Crippen molar-refractivity contribution in [2.45, 2.75) is 32.6 Å². The predicted octanol–water partition coefficient (Wildman–Crippen LogP) is 3.42. The van der Waals surface area contributed by atoms with Gasteiger partial charge in [0.2, 0.25) is 0 Å². The van der Waals surface area contributed by atoms with Crippen LogP contribution in [0.5, 0.6) is 0 Å². The Kier molecular flexibility index (Phi) is 2.22. The SMILES string of the molecule is CC1=CC2Cc3nc4cccc(c4c(N)c3CC1)C2. The van der Waals surface area contributed by atoms with E-state index < -0.39 is 0 Å². The maximum Gasteiger partial charge on any atom is 0.0729 e. The Morgan fingerprint density at radius 1 is 1.21 bits per heavy atom. The largest absolute Gasteiger partial charge is 0.398 e. The number of nitrogens with zero attached hydrogens (tertiary/aromatic N) is 1. The summed E-state index contributed by atoms with van der Waals surface area (Å²) in [5, 5.41) is 1.21. The van der Waals surface area contributed by atoms with Crippen LogP contribution in [0.1, 0.15) is 30.2 Å². The Bertz CT molecular complexity index is 713. The van der Waals surface area contributed by atoms with Gasteiger partial charge in [-0.3, -0.25) is 4.98 Å². The molecule has 1 atom stereocenters. The molecule has 0 saturated carbocycles. The minimum absolute atomic E-state index is 0.580. The lowest BCUT2D eigenvalue weighted by molar-refractivity contribution is 0.611. The summed E-state index contributed by atoms with van der Waals surface area (Å²) in [6.45, 7) is 2.24. The van der Waals surface area contributed by atoms with Crippen molar-refractivity contribution in [2.24, 2.45) is 5.92 Å². The summed E-state index contributed by atoms with van der Waals surface area (Å²) in [7, 11) is 0. The van der Waals surface area contributed by atoms with Crippen LogP contribution in [0.4, 0.5) is 5.69 Å². The van der Waals surface area contributed by atoms with Crippen molar-refractivity contribution in [3.05, 3.63) is 46.7 Å². The van der Waals surface area contributed by atoms with Gasteiger partial charge in [0.05, 0.1) is 5.52 Å². The van der Waals surface area contributed by atoms with Gasteiger partial charge in [-0.05, 0) is 55.7 Å². The van der Waals surface area contributed by atoms with Crippen LogP contribution < -0.4 is 5.73 Å². The molecular weight excluding hydrogens is 232 g/mol. The fourth-order valence-corrected chi connectivity index (χ4v) is 3.66. The Hall–Kier alpha value is -1.83. The minimum Gasteiger partial charge on any atom is -0.398 e. The van der Waals surface area contributed by atoms with Gasteiger partial charge in [-0.2, -0.15) is 0 Å². The van der Waals surface area contributed by atoms with Crippen LogP contribution in [0.3, 0.4) is 0 Å². The average Bonchev–Trinajstić information content (AvgIpc) is 2.35. The molecule has 0 spiro atoms. The quantitative estimate of drug-likeness (QED) is 0.728. The number of nitrogen functional groups attached to an aromatic ring is 1. The first kappa shape index (κ1) is 11.0. The van der Waals surface area contributed by atoms with Gasteiger partial charge >= 0.3 is 0 Å². The van der Waals surface area contributed by atoms with E-state index in [4.69, 9.17) is 10.7 Å². The minimum atomic E-state index is 0.580. The highest BCUT2D eigenvalue weighted by molar-refractivity contribution is 5.95. The van der Waals surface area contributed by atoms with Gasteiger partial charge in [-0.15, -0.1) is 0 Å². The molecule has 96 valence electrons. The Balaban J connectivity index is 2.11. The van der Waals surface area contributed by atoms with E-state index in [0.717, 1.165) is 36.9 Å². The Labute approximate surface area is 113 Å². The van der Waals surface area contributed by atoms with Crippen molar-refractivity contribution in [2.75, 3.05) is 5.73 Å². The zero-order chi connectivity index (χ0) is 13.0. The third kappa shape index (κ3) is 1.59. The monoisotopic (exact) mass is 250 g/mol. The lowest BCUT2D eigenvalue weighted by Gasteiger charge is -2.26. The van der Waals surface area contributed by atoms with Crippen LogP contribution in [0.15, 0.2) is 29.8 Å². The van der Waals surface area contributed by atoms with Gasteiger partial charge in [0.1, 0.15) is 0 Å². The van der Waals surface area contributed by atoms with Crippen LogP contribution in [0.25, 0.3) is 10.9 Å². The van der Waals surface area contributed by atoms with E-state index in [0.29, 0.717) is 5.92 Å². The molecule has 0 amide bonds. The molecule has 2 nitrogen and oxygen atoms in total. The van der Waals surface area contributed by atoms with Crippen LogP contribution in [0.2, 0.25) is 0 Å². The molecule has 0 saturated heterocycles. The van der Waals surface area contributed by atoms with Gasteiger partial charge in [-0.25, -0.2) is 0 Å². The topological polar surface area (TPSA) is 38.9 Å². The number of allylic oxidation sites excluding steroid dienone is 2. The van der Waals surface area contributed by atoms with Crippen molar-refractivity contribution in [3.8, 4) is 0 Å². The Morgan fingerprint density at radius 3 is 3.00 bits per heavy atom. The summed E-state index contributed by atoms with van der Waals surface area (Å²) >= 11 is 0. The first-order valence-electron chi connectivity index (χ1n) is 7.08. The highest BCUT2D eigenvalue weighted by Gasteiger charge is 2.24. The van der Waals surface area contributed by atoms with Crippen LogP contribution in [-0.2, 0) is 19.3 Å². The van der Waals surface area contributed by atoms with E-state index in [1.807, 2.05) is 0 Å². The van der Waals surface area contributed by atoms with Crippen LogP contribution in [-0.4, -0.2) is 4.98 Å². The molecule has 5 rings (SSSR count). The average molecular weight is 250 g/mol. The number of benzene rings is 1. The van der Waals surface area contributed by atoms with Crippen molar-refractivity contribution >= 4 is 16.6 Å². The number of anilines is 1. The number of rotatable bonds is 0. The van der Waals surface area contributed by atoms with Crippen LogP contribution in [0, 0.1) is 5.92 Å². The molecule has 2 heterocycles. The molecule has 1 aromatic carbocycles. The lowest BCUT2D eigenvalue weighted by Crippen LogP contribution is -2.18. The number of nitrogens with two attached hydrogens (primary N) is 1. The van der Waals surface area contributed by atoms with Crippen molar-refractivity contribution in [1.82, 2.24) is 4.98 Å². The molecule has 6 bridgehead atoms. The molecule has 2 aliphatic carbocycles. The predicted molar refractivity (Wildman–Crippen MR) is 79.1 cm³/mol. The molecule has 1 aromatic heterocycles. The number of hydrogen-bond acceptors (Lipinski definition) is 2. The molecule has 1 aliphatic heterocycles. The fraction of sp³-hybridized carbons (Fsp3) is 0.353. The molecule has 2 N–H and O–H groups in total. The van der Waals surface area contributed by atoms with E-state index in [1.165, 1.54) is 27.8 Å². The first-order chi connectivity index (χ1) is 9.22.